The van der Waals surface area contributed by atoms with Crippen LogP contribution in [0.1, 0.15) is 0 Å². The van der Waals surface area contributed by atoms with E-state index < -0.39 is 9.84 Å². The first kappa shape index (κ1) is 12.3. The van der Waals surface area contributed by atoms with Crippen molar-refractivity contribution in [2.24, 2.45) is 0 Å². The van der Waals surface area contributed by atoms with Crippen LogP contribution < -0.4 is 5.73 Å². The van der Waals surface area contributed by atoms with E-state index in [9.17, 15) is 18.6 Å². The standard InChI is InChI=1S/C12H11NO4S/c13-11-5-4-10(7-12(11)15)18(16,17)9-3-1-2-8(14)6-9/h1-7,14-15H,13H2. The Labute approximate surface area is 104 Å². The SMILES string of the molecule is Nc1ccc(S(=O)(=O)c2cccc(O)c2)cc1O. The van der Waals surface area contributed by atoms with Crippen LogP contribution >= 0.6 is 0 Å². The van der Waals surface area contributed by atoms with E-state index in [0.29, 0.717) is 0 Å². The van der Waals surface area contributed by atoms with Gasteiger partial charge in [0.2, 0.25) is 9.84 Å². The molecule has 2 aromatic carbocycles. The maximum Gasteiger partial charge on any atom is 0.206 e. The highest BCUT2D eigenvalue weighted by molar-refractivity contribution is 7.91. The number of hydrogen-bond acceptors (Lipinski definition) is 5. The number of nitrogens with two attached hydrogens (primary N) is 1. The Kier molecular flexibility index (Phi) is 2.88. The molecule has 0 heterocycles. The monoisotopic (exact) mass is 265 g/mol. The lowest BCUT2D eigenvalue weighted by atomic mass is 10.3. The van der Waals surface area contributed by atoms with E-state index in [-0.39, 0.29) is 27.0 Å². The fraction of sp³-hybridized carbons (Fsp3) is 0. The predicted octanol–water partition coefficient (Wildman–Crippen LogP) is 1.51. The van der Waals surface area contributed by atoms with Gasteiger partial charge in [-0.2, -0.15) is 0 Å². The number of anilines is 1. The lowest BCUT2D eigenvalue weighted by Crippen LogP contribution is -2.02. The van der Waals surface area contributed by atoms with Gasteiger partial charge in [-0.15, -0.1) is 0 Å². The average Bonchev–Trinajstić information content (AvgIpc) is 2.32. The fourth-order valence-electron chi connectivity index (χ4n) is 1.48. The fourth-order valence-corrected chi connectivity index (χ4v) is 2.80. The second kappa shape index (κ2) is 4.23. The first-order valence-corrected chi connectivity index (χ1v) is 6.52. The van der Waals surface area contributed by atoms with E-state index >= 15 is 0 Å². The molecule has 0 saturated carbocycles. The minimum absolute atomic E-state index is 0.0494. The summed E-state index contributed by atoms with van der Waals surface area (Å²) in [6.45, 7) is 0. The second-order valence-corrected chi connectivity index (χ2v) is 5.67. The summed E-state index contributed by atoms with van der Waals surface area (Å²) in [5.41, 5.74) is 5.51. The Morgan fingerprint density at radius 3 is 2.22 bits per heavy atom. The van der Waals surface area contributed by atoms with Crippen LogP contribution in [0.2, 0.25) is 0 Å². The molecule has 18 heavy (non-hydrogen) atoms. The lowest BCUT2D eigenvalue weighted by Gasteiger charge is -2.06. The Balaban J connectivity index is 2.58. The van der Waals surface area contributed by atoms with Gasteiger partial charge >= 0.3 is 0 Å². The normalized spacial score (nSPS) is 11.3. The highest BCUT2D eigenvalue weighted by Gasteiger charge is 2.19. The molecule has 0 aliphatic rings. The lowest BCUT2D eigenvalue weighted by molar-refractivity contribution is 0.473. The van der Waals surface area contributed by atoms with Gasteiger partial charge in [0, 0.05) is 6.07 Å². The van der Waals surface area contributed by atoms with E-state index in [4.69, 9.17) is 5.73 Å². The van der Waals surface area contributed by atoms with Crippen molar-refractivity contribution in [3.63, 3.8) is 0 Å². The molecule has 5 nitrogen and oxygen atoms in total. The van der Waals surface area contributed by atoms with Crippen molar-refractivity contribution >= 4 is 15.5 Å². The van der Waals surface area contributed by atoms with Gasteiger partial charge in [0.25, 0.3) is 0 Å². The molecule has 0 amide bonds. The molecule has 0 spiro atoms. The van der Waals surface area contributed by atoms with E-state index in [1.807, 2.05) is 0 Å². The third-order valence-corrected chi connectivity index (χ3v) is 4.19. The summed E-state index contributed by atoms with van der Waals surface area (Å²) in [7, 11) is -3.78. The van der Waals surface area contributed by atoms with E-state index in [1.165, 1.54) is 30.3 Å². The van der Waals surface area contributed by atoms with Gasteiger partial charge in [-0.3, -0.25) is 0 Å². The van der Waals surface area contributed by atoms with Gasteiger partial charge in [0.1, 0.15) is 11.5 Å². The van der Waals surface area contributed by atoms with Crippen molar-refractivity contribution in [3.05, 3.63) is 42.5 Å². The number of benzene rings is 2. The topological polar surface area (TPSA) is 101 Å². The van der Waals surface area contributed by atoms with Crippen molar-refractivity contribution in [1.29, 1.82) is 0 Å². The largest absolute Gasteiger partial charge is 0.508 e. The maximum atomic E-state index is 12.2. The summed E-state index contributed by atoms with van der Waals surface area (Å²) in [5.74, 6) is -0.438. The summed E-state index contributed by atoms with van der Waals surface area (Å²) in [4.78, 5) is -0.133. The molecular weight excluding hydrogens is 254 g/mol. The smallest absolute Gasteiger partial charge is 0.206 e. The first-order valence-electron chi connectivity index (χ1n) is 5.04. The van der Waals surface area contributed by atoms with Crippen molar-refractivity contribution in [1.82, 2.24) is 0 Å². The quantitative estimate of drug-likeness (QED) is 0.564. The van der Waals surface area contributed by atoms with Crippen LogP contribution in [0.4, 0.5) is 5.69 Å². The number of phenolic OH excluding ortho intramolecular Hbond substituents is 2. The zero-order chi connectivity index (χ0) is 13.3. The zero-order valence-corrected chi connectivity index (χ0v) is 10.1. The summed E-state index contributed by atoms with van der Waals surface area (Å²) in [6, 6.07) is 9.00. The van der Waals surface area contributed by atoms with E-state index in [0.717, 1.165) is 12.1 Å². The number of sulfone groups is 1. The van der Waals surface area contributed by atoms with Gasteiger partial charge in [-0.05, 0) is 30.3 Å². The first-order chi connectivity index (χ1) is 8.41. The van der Waals surface area contributed by atoms with Gasteiger partial charge in [-0.1, -0.05) is 6.07 Å². The van der Waals surface area contributed by atoms with E-state index in [1.54, 1.807) is 0 Å². The minimum Gasteiger partial charge on any atom is -0.508 e. The molecule has 0 atom stereocenters. The molecule has 0 radical (unpaired) electrons. The highest BCUT2D eigenvalue weighted by atomic mass is 32.2. The van der Waals surface area contributed by atoms with Crippen molar-refractivity contribution in [2.45, 2.75) is 9.79 Å². The molecule has 0 fully saturated rings. The molecule has 2 aromatic rings. The Morgan fingerprint density at radius 1 is 0.944 bits per heavy atom. The summed E-state index contributed by atoms with van der Waals surface area (Å²) in [5, 5.41) is 18.7. The van der Waals surface area contributed by atoms with Crippen molar-refractivity contribution < 1.29 is 18.6 Å². The maximum absolute atomic E-state index is 12.2. The van der Waals surface area contributed by atoms with Crippen molar-refractivity contribution in [3.8, 4) is 11.5 Å². The van der Waals surface area contributed by atoms with Crippen LogP contribution in [0.3, 0.4) is 0 Å². The second-order valence-electron chi connectivity index (χ2n) is 3.72. The average molecular weight is 265 g/mol. The van der Waals surface area contributed by atoms with Gasteiger partial charge in [0.05, 0.1) is 15.5 Å². The highest BCUT2D eigenvalue weighted by Crippen LogP contribution is 2.28. The molecule has 0 unspecified atom stereocenters. The molecule has 0 bridgehead atoms. The van der Waals surface area contributed by atoms with Gasteiger partial charge in [-0.25, -0.2) is 8.42 Å². The Bertz CT molecular complexity index is 695. The predicted molar refractivity (Wildman–Crippen MR) is 66.1 cm³/mol. The Hall–Kier alpha value is -2.21. The third-order valence-electron chi connectivity index (χ3n) is 2.44. The molecule has 94 valence electrons. The van der Waals surface area contributed by atoms with Crippen LogP contribution in [-0.2, 0) is 9.84 Å². The molecule has 0 aromatic heterocycles. The Morgan fingerprint density at radius 2 is 1.61 bits per heavy atom. The molecule has 0 aliphatic carbocycles. The molecular formula is C12H11NO4S. The van der Waals surface area contributed by atoms with Gasteiger partial charge < -0.3 is 15.9 Å². The number of hydrogen-bond donors (Lipinski definition) is 3. The molecule has 0 aliphatic heterocycles. The van der Waals surface area contributed by atoms with Crippen LogP contribution in [0.15, 0.2) is 52.3 Å². The third kappa shape index (κ3) is 2.10. The molecule has 2 rings (SSSR count). The number of nitrogen functional groups attached to an aromatic ring is 1. The summed E-state index contributed by atoms with van der Waals surface area (Å²) >= 11 is 0. The number of phenols is 2. The zero-order valence-electron chi connectivity index (χ0n) is 9.24. The summed E-state index contributed by atoms with van der Waals surface area (Å²) < 4.78 is 24.4. The van der Waals surface area contributed by atoms with Crippen LogP contribution in [0, 0.1) is 0 Å². The van der Waals surface area contributed by atoms with E-state index in [2.05, 4.69) is 0 Å². The molecule has 6 heteroatoms. The molecule has 4 N–H and O–H groups in total. The van der Waals surface area contributed by atoms with Crippen LogP contribution in [0.5, 0.6) is 11.5 Å². The van der Waals surface area contributed by atoms with Gasteiger partial charge in [0.15, 0.2) is 0 Å². The van der Waals surface area contributed by atoms with Crippen LogP contribution in [0.25, 0.3) is 0 Å². The van der Waals surface area contributed by atoms with Crippen LogP contribution in [-0.4, -0.2) is 18.6 Å². The number of aromatic hydroxyl groups is 2. The molecule has 0 saturated heterocycles. The minimum atomic E-state index is -3.78. The van der Waals surface area contributed by atoms with Crippen molar-refractivity contribution in [2.75, 3.05) is 5.73 Å². The number of rotatable bonds is 2. The summed E-state index contributed by atoms with van der Waals surface area (Å²) in [6.07, 6.45) is 0.